The molecule has 1 aromatic rings. The van der Waals surface area contributed by atoms with Crippen LogP contribution in [0, 0.1) is 6.92 Å². The summed E-state index contributed by atoms with van der Waals surface area (Å²) in [5.41, 5.74) is 1.33. The average Bonchev–Trinajstić information content (AvgIpc) is 2.85. The third kappa shape index (κ3) is 2.46. The quantitative estimate of drug-likeness (QED) is 0.888. The monoisotopic (exact) mass is 254 g/mol. The Morgan fingerprint density at radius 1 is 1.65 bits per heavy atom. The molecule has 1 amide bonds. The highest BCUT2D eigenvalue weighted by Crippen LogP contribution is 2.24. The zero-order valence-electron chi connectivity index (χ0n) is 9.55. The number of rotatable bonds is 3. The highest BCUT2D eigenvalue weighted by Gasteiger charge is 2.31. The van der Waals surface area contributed by atoms with Crippen LogP contribution in [0.4, 0.5) is 0 Å². The molecule has 5 nitrogen and oxygen atoms in total. The van der Waals surface area contributed by atoms with E-state index in [9.17, 15) is 9.59 Å². The van der Waals surface area contributed by atoms with E-state index in [1.165, 1.54) is 11.5 Å². The lowest BCUT2D eigenvalue weighted by Crippen LogP contribution is -2.36. The van der Waals surface area contributed by atoms with E-state index < -0.39 is 5.97 Å². The molecule has 1 aromatic heterocycles. The Hall–Kier alpha value is -1.43. The third-order valence-corrected chi connectivity index (χ3v) is 3.75. The Balaban J connectivity index is 2.14. The summed E-state index contributed by atoms with van der Waals surface area (Å²) in [5.74, 6) is -0.935. The van der Waals surface area contributed by atoms with Crippen molar-refractivity contribution in [1.29, 1.82) is 0 Å². The number of aryl methyl sites for hydroxylation is 1. The molecule has 0 aliphatic carbocycles. The maximum Gasteiger partial charge on any atom is 0.305 e. The average molecular weight is 254 g/mol. The predicted molar refractivity (Wildman–Crippen MR) is 63.2 cm³/mol. The fourth-order valence-electron chi connectivity index (χ4n) is 2.17. The normalized spacial score (nSPS) is 19.6. The van der Waals surface area contributed by atoms with Gasteiger partial charge in [-0.3, -0.25) is 9.59 Å². The Morgan fingerprint density at radius 2 is 2.41 bits per heavy atom. The second-order valence-corrected chi connectivity index (χ2v) is 4.84. The number of aromatic nitrogens is 1. The van der Waals surface area contributed by atoms with Crippen LogP contribution in [0.2, 0.25) is 0 Å². The highest BCUT2D eigenvalue weighted by molar-refractivity contribution is 7.03. The number of carboxylic acids is 1. The zero-order valence-corrected chi connectivity index (χ0v) is 10.4. The van der Waals surface area contributed by atoms with E-state index in [4.69, 9.17) is 5.11 Å². The summed E-state index contributed by atoms with van der Waals surface area (Å²) in [7, 11) is 0. The second-order valence-electron chi connectivity index (χ2n) is 4.21. The van der Waals surface area contributed by atoms with Gasteiger partial charge in [0, 0.05) is 18.0 Å². The summed E-state index contributed by atoms with van der Waals surface area (Å²) in [6, 6.07) is -0.167. The molecule has 1 atom stereocenters. The van der Waals surface area contributed by atoms with Gasteiger partial charge in [-0.15, -0.1) is 0 Å². The number of hydrogen-bond donors (Lipinski definition) is 1. The summed E-state index contributed by atoms with van der Waals surface area (Å²) in [4.78, 5) is 24.6. The maximum absolute atomic E-state index is 12.2. The Kier molecular flexibility index (Phi) is 3.42. The number of carbonyl (C=O) groups excluding carboxylic acids is 1. The van der Waals surface area contributed by atoms with Crippen LogP contribution < -0.4 is 0 Å². The molecule has 1 aliphatic heterocycles. The minimum absolute atomic E-state index is 0.0301. The van der Waals surface area contributed by atoms with Gasteiger partial charge in [0.15, 0.2) is 0 Å². The van der Waals surface area contributed by atoms with Gasteiger partial charge in [0.1, 0.15) is 0 Å². The fourth-order valence-corrected chi connectivity index (χ4v) is 2.86. The smallest absolute Gasteiger partial charge is 0.305 e. The van der Waals surface area contributed by atoms with Gasteiger partial charge in [0.05, 0.1) is 17.7 Å². The van der Waals surface area contributed by atoms with Crippen molar-refractivity contribution < 1.29 is 14.7 Å². The van der Waals surface area contributed by atoms with Crippen molar-refractivity contribution >= 4 is 23.4 Å². The predicted octanol–water partition coefficient (Wildman–Crippen LogP) is 1.53. The number of likely N-dealkylation sites (tertiary alicyclic amines) is 1. The number of carbonyl (C=O) groups is 2. The van der Waals surface area contributed by atoms with Gasteiger partial charge in [-0.1, -0.05) is 0 Å². The largest absolute Gasteiger partial charge is 0.481 e. The molecule has 6 heteroatoms. The Labute approximate surface area is 103 Å². The van der Waals surface area contributed by atoms with Gasteiger partial charge in [-0.2, -0.15) is 4.37 Å². The SMILES string of the molecule is Cc1nscc1C(=O)N1CCCC1CC(=O)O. The van der Waals surface area contributed by atoms with E-state index in [1.807, 2.05) is 0 Å². The highest BCUT2D eigenvalue weighted by atomic mass is 32.1. The molecule has 92 valence electrons. The Bertz CT molecular complexity index is 444. The molecule has 1 aliphatic rings. The molecule has 1 unspecified atom stereocenters. The molecular weight excluding hydrogens is 240 g/mol. The lowest BCUT2D eigenvalue weighted by atomic mass is 10.1. The van der Waals surface area contributed by atoms with Crippen molar-refractivity contribution in [3.8, 4) is 0 Å². The lowest BCUT2D eigenvalue weighted by molar-refractivity contribution is -0.137. The fraction of sp³-hybridized carbons (Fsp3) is 0.545. The molecule has 1 fully saturated rings. The van der Waals surface area contributed by atoms with Crippen LogP contribution in [-0.2, 0) is 4.79 Å². The van der Waals surface area contributed by atoms with Crippen LogP contribution in [0.15, 0.2) is 5.38 Å². The van der Waals surface area contributed by atoms with Crippen molar-refractivity contribution in [3.63, 3.8) is 0 Å². The van der Waals surface area contributed by atoms with Gasteiger partial charge >= 0.3 is 5.97 Å². The minimum atomic E-state index is -0.852. The number of hydrogen-bond acceptors (Lipinski definition) is 4. The summed E-state index contributed by atoms with van der Waals surface area (Å²) < 4.78 is 4.07. The third-order valence-electron chi connectivity index (χ3n) is 3.03. The van der Waals surface area contributed by atoms with Crippen LogP contribution in [0.25, 0.3) is 0 Å². The number of aliphatic carboxylic acids is 1. The topological polar surface area (TPSA) is 70.5 Å². The van der Waals surface area contributed by atoms with Crippen molar-refractivity contribution in [2.24, 2.45) is 0 Å². The van der Waals surface area contributed by atoms with E-state index >= 15 is 0 Å². The summed E-state index contributed by atoms with van der Waals surface area (Å²) in [6.07, 6.45) is 1.68. The first kappa shape index (κ1) is 12.0. The molecule has 2 rings (SSSR count). The Morgan fingerprint density at radius 3 is 3.00 bits per heavy atom. The first-order valence-electron chi connectivity index (χ1n) is 5.53. The summed E-state index contributed by atoms with van der Waals surface area (Å²) in [6.45, 7) is 2.44. The molecule has 0 bridgehead atoms. The van der Waals surface area contributed by atoms with Crippen LogP contribution in [0.3, 0.4) is 0 Å². The van der Waals surface area contributed by atoms with Crippen LogP contribution in [0.5, 0.6) is 0 Å². The van der Waals surface area contributed by atoms with Crippen molar-refractivity contribution in [2.75, 3.05) is 6.54 Å². The van der Waals surface area contributed by atoms with Crippen molar-refractivity contribution in [1.82, 2.24) is 9.27 Å². The van der Waals surface area contributed by atoms with E-state index in [0.29, 0.717) is 12.1 Å². The van der Waals surface area contributed by atoms with Crippen molar-refractivity contribution in [2.45, 2.75) is 32.2 Å². The summed E-state index contributed by atoms with van der Waals surface area (Å²) in [5, 5.41) is 10.5. The molecule has 0 spiro atoms. The molecule has 0 aromatic carbocycles. The second kappa shape index (κ2) is 4.83. The number of amides is 1. The number of nitrogens with zero attached hydrogens (tertiary/aromatic N) is 2. The molecule has 1 saturated heterocycles. The molecule has 1 N–H and O–H groups in total. The van der Waals surface area contributed by atoms with Gasteiger partial charge in [-0.05, 0) is 31.3 Å². The van der Waals surface area contributed by atoms with Gasteiger partial charge < -0.3 is 10.0 Å². The van der Waals surface area contributed by atoms with Gasteiger partial charge in [-0.25, -0.2) is 0 Å². The lowest BCUT2D eigenvalue weighted by Gasteiger charge is -2.23. The maximum atomic E-state index is 12.2. The van der Waals surface area contributed by atoms with E-state index in [1.54, 1.807) is 17.2 Å². The van der Waals surface area contributed by atoms with Gasteiger partial charge in [0.2, 0.25) is 0 Å². The number of carboxylic acid groups (broad SMARTS) is 1. The van der Waals surface area contributed by atoms with E-state index in [2.05, 4.69) is 4.37 Å². The van der Waals surface area contributed by atoms with E-state index in [0.717, 1.165) is 18.5 Å². The van der Waals surface area contributed by atoms with Gasteiger partial charge in [0.25, 0.3) is 5.91 Å². The molecule has 0 radical (unpaired) electrons. The molecule has 2 heterocycles. The standard InChI is InChI=1S/C11H14N2O3S/c1-7-9(6-17-12-7)11(16)13-4-2-3-8(13)5-10(14)15/h6,8H,2-5H2,1H3,(H,14,15). The van der Waals surface area contributed by atoms with Crippen LogP contribution in [0.1, 0.15) is 35.3 Å². The molecular formula is C11H14N2O3S. The first-order chi connectivity index (χ1) is 8.09. The molecule has 0 saturated carbocycles. The van der Waals surface area contributed by atoms with Crippen LogP contribution in [-0.4, -0.2) is 38.8 Å². The minimum Gasteiger partial charge on any atom is -0.481 e. The molecule has 17 heavy (non-hydrogen) atoms. The van der Waals surface area contributed by atoms with Crippen LogP contribution >= 0.6 is 11.5 Å². The van der Waals surface area contributed by atoms with Crippen molar-refractivity contribution in [3.05, 3.63) is 16.6 Å². The zero-order chi connectivity index (χ0) is 12.4. The summed E-state index contributed by atoms with van der Waals surface area (Å²) >= 11 is 1.25. The first-order valence-corrected chi connectivity index (χ1v) is 6.37. The van der Waals surface area contributed by atoms with E-state index in [-0.39, 0.29) is 18.4 Å².